The molecule has 0 radical (unpaired) electrons. The van der Waals surface area contributed by atoms with Gasteiger partial charge < -0.3 is 4.57 Å². The molecule has 31 heavy (non-hydrogen) atoms. The number of nitrogens with zero attached hydrogens (tertiary/aromatic N) is 2. The van der Waals surface area contributed by atoms with Crippen molar-refractivity contribution in [3.63, 3.8) is 0 Å². The van der Waals surface area contributed by atoms with Gasteiger partial charge in [-0.15, -0.1) is 0 Å². The van der Waals surface area contributed by atoms with Crippen molar-refractivity contribution in [1.82, 2.24) is 9.47 Å². The van der Waals surface area contributed by atoms with E-state index >= 15 is 0 Å². The van der Waals surface area contributed by atoms with Gasteiger partial charge in [0.15, 0.2) is 0 Å². The first kappa shape index (κ1) is 22.1. The fraction of sp³-hybridized carbons (Fsp3) is 0.130. The summed E-state index contributed by atoms with van der Waals surface area (Å²) < 4.78 is 17.4. The van der Waals surface area contributed by atoms with E-state index in [0.29, 0.717) is 4.91 Å². The highest BCUT2D eigenvalue weighted by molar-refractivity contribution is 14.1. The van der Waals surface area contributed by atoms with Crippen LogP contribution >= 0.6 is 46.0 Å². The number of aromatic nitrogens is 1. The summed E-state index contributed by atoms with van der Waals surface area (Å²) in [7, 11) is 0. The topological polar surface area (TPSA) is 42.3 Å². The van der Waals surface area contributed by atoms with Gasteiger partial charge in [0, 0.05) is 31.2 Å². The molecule has 0 bridgehead atoms. The molecule has 3 aromatic rings. The van der Waals surface area contributed by atoms with Gasteiger partial charge in [0.25, 0.3) is 11.1 Å². The minimum Gasteiger partial charge on any atom is -0.318 e. The van der Waals surface area contributed by atoms with Gasteiger partial charge in [-0.2, -0.15) is 0 Å². The molecule has 4 nitrogen and oxygen atoms in total. The lowest BCUT2D eigenvalue weighted by molar-refractivity contribution is -0.123. The van der Waals surface area contributed by atoms with E-state index in [2.05, 4.69) is 27.2 Å². The van der Waals surface area contributed by atoms with E-state index in [4.69, 9.17) is 11.6 Å². The second kappa shape index (κ2) is 8.80. The van der Waals surface area contributed by atoms with Crippen LogP contribution in [-0.2, 0) is 11.3 Å². The zero-order chi connectivity index (χ0) is 22.3. The number of carbonyl (C=O) groups excluding carboxylic acids is 2. The molecule has 0 saturated carbocycles. The van der Waals surface area contributed by atoms with Gasteiger partial charge in [-0.05, 0) is 102 Å². The normalized spacial score (nSPS) is 15.4. The van der Waals surface area contributed by atoms with E-state index in [1.807, 2.05) is 44.2 Å². The van der Waals surface area contributed by atoms with Crippen molar-refractivity contribution in [2.75, 3.05) is 0 Å². The summed E-state index contributed by atoms with van der Waals surface area (Å²) in [5.41, 5.74) is 3.98. The predicted octanol–water partition coefficient (Wildman–Crippen LogP) is 6.73. The Kier molecular flexibility index (Phi) is 6.27. The molecule has 1 aromatic heterocycles. The summed E-state index contributed by atoms with van der Waals surface area (Å²) in [5, 5.41) is -0.258. The van der Waals surface area contributed by atoms with Crippen LogP contribution in [0.4, 0.5) is 9.18 Å². The number of benzene rings is 2. The number of imide groups is 1. The smallest absolute Gasteiger partial charge is 0.293 e. The van der Waals surface area contributed by atoms with Crippen molar-refractivity contribution < 1.29 is 14.0 Å². The Hall–Kier alpha value is -2.10. The van der Waals surface area contributed by atoms with E-state index in [9.17, 15) is 14.0 Å². The van der Waals surface area contributed by atoms with Crippen molar-refractivity contribution in [1.29, 1.82) is 0 Å². The van der Waals surface area contributed by atoms with Crippen molar-refractivity contribution in [3.05, 3.63) is 90.4 Å². The Morgan fingerprint density at radius 3 is 2.52 bits per heavy atom. The third-order valence-electron chi connectivity index (χ3n) is 5.09. The van der Waals surface area contributed by atoms with E-state index in [0.717, 1.165) is 42.9 Å². The lowest BCUT2D eigenvalue weighted by Crippen LogP contribution is -2.28. The molecule has 8 heteroatoms. The summed E-state index contributed by atoms with van der Waals surface area (Å²) >= 11 is 9.18. The zero-order valence-corrected chi connectivity index (χ0v) is 20.4. The predicted molar refractivity (Wildman–Crippen MR) is 131 cm³/mol. The first-order valence-corrected chi connectivity index (χ1v) is 11.7. The average Bonchev–Trinajstić information content (AvgIpc) is 3.15. The fourth-order valence-corrected chi connectivity index (χ4v) is 4.95. The fourth-order valence-electron chi connectivity index (χ4n) is 3.54. The largest absolute Gasteiger partial charge is 0.318 e. The molecular weight excluding hydrogens is 550 g/mol. The van der Waals surface area contributed by atoms with Crippen LogP contribution in [0.2, 0.25) is 5.02 Å². The monoisotopic (exact) mass is 566 g/mol. The molecule has 4 rings (SSSR count). The SMILES string of the molecule is Cc1cc(/C=C2\SC(=O)N(Cc3c(F)cccc3Cl)C2=O)c(C)n1-c1ccc(I)cc1. The number of hydrogen-bond donors (Lipinski definition) is 0. The Labute approximate surface area is 202 Å². The van der Waals surface area contributed by atoms with Gasteiger partial charge in [0.2, 0.25) is 0 Å². The van der Waals surface area contributed by atoms with Gasteiger partial charge in [0.05, 0.1) is 11.4 Å². The molecule has 0 N–H and O–H groups in total. The number of carbonyl (C=O) groups is 2. The molecule has 1 saturated heterocycles. The second-order valence-electron chi connectivity index (χ2n) is 7.11. The number of rotatable bonds is 4. The van der Waals surface area contributed by atoms with Gasteiger partial charge >= 0.3 is 0 Å². The van der Waals surface area contributed by atoms with Gasteiger partial charge in [-0.1, -0.05) is 17.7 Å². The van der Waals surface area contributed by atoms with E-state index in [1.165, 1.54) is 18.2 Å². The summed E-state index contributed by atoms with van der Waals surface area (Å²) in [5.74, 6) is -0.995. The highest BCUT2D eigenvalue weighted by atomic mass is 127. The van der Waals surface area contributed by atoms with Crippen molar-refractivity contribution in [3.8, 4) is 5.69 Å². The Morgan fingerprint density at radius 1 is 1.13 bits per heavy atom. The third kappa shape index (κ3) is 4.31. The number of thioether (sulfide) groups is 1. The Morgan fingerprint density at radius 2 is 1.84 bits per heavy atom. The number of hydrogen-bond acceptors (Lipinski definition) is 3. The summed E-state index contributed by atoms with van der Waals surface area (Å²) in [6, 6.07) is 14.4. The van der Waals surface area contributed by atoms with Crippen LogP contribution in [0.3, 0.4) is 0 Å². The maximum Gasteiger partial charge on any atom is 0.293 e. The summed E-state index contributed by atoms with van der Waals surface area (Å²) in [4.78, 5) is 26.7. The minimum atomic E-state index is -0.545. The highest BCUT2D eigenvalue weighted by Gasteiger charge is 2.36. The molecule has 1 fully saturated rings. The van der Waals surface area contributed by atoms with Crippen LogP contribution in [0.15, 0.2) is 53.4 Å². The maximum absolute atomic E-state index is 14.1. The number of halogens is 3. The molecule has 2 heterocycles. The minimum absolute atomic E-state index is 0.129. The second-order valence-corrected chi connectivity index (χ2v) is 9.75. The quantitative estimate of drug-likeness (QED) is 0.260. The number of aryl methyl sites for hydroxylation is 1. The van der Waals surface area contributed by atoms with E-state index in [1.54, 1.807) is 6.08 Å². The standard InChI is InChI=1S/C23H17ClFIN2O2S/c1-13-10-15(14(2)28(13)17-8-6-16(26)7-9-17)11-21-22(29)27(23(30)31-21)12-18-19(24)4-3-5-20(18)25/h3-11H,12H2,1-2H3/b21-11-. The van der Waals surface area contributed by atoms with E-state index in [-0.39, 0.29) is 17.1 Å². The molecule has 0 unspecified atom stereocenters. The third-order valence-corrected chi connectivity index (χ3v) is 7.07. The summed E-state index contributed by atoms with van der Waals surface area (Å²) in [6.07, 6.45) is 1.72. The molecular formula is C23H17ClFIN2O2S. The molecule has 2 amide bonds. The van der Waals surface area contributed by atoms with Crippen LogP contribution in [0.1, 0.15) is 22.5 Å². The Bertz CT molecular complexity index is 1220. The molecule has 1 aliphatic heterocycles. The van der Waals surface area contributed by atoms with Crippen molar-refractivity contribution in [2.45, 2.75) is 20.4 Å². The average molecular weight is 567 g/mol. The lowest BCUT2D eigenvalue weighted by Gasteiger charge is -2.14. The Balaban J connectivity index is 1.64. The molecule has 0 spiro atoms. The van der Waals surface area contributed by atoms with Gasteiger partial charge in [0.1, 0.15) is 5.82 Å². The first-order chi connectivity index (χ1) is 14.8. The zero-order valence-electron chi connectivity index (χ0n) is 16.7. The van der Waals surface area contributed by atoms with Crippen molar-refractivity contribution in [2.24, 2.45) is 0 Å². The molecule has 0 aliphatic carbocycles. The van der Waals surface area contributed by atoms with Crippen LogP contribution < -0.4 is 0 Å². The first-order valence-electron chi connectivity index (χ1n) is 9.39. The highest BCUT2D eigenvalue weighted by Crippen LogP contribution is 2.35. The van der Waals surface area contributed by atoms with Crippen LogP contribution in [0, 0.1) is 23.2 Å². The summed E-state index contributed by atoms with van der Waals surface area (Å²) in [6.45, 7) is 3.77. The van der Waals surface area contributed by atoms with Crippen LogP contribution in [0.5, 0.6) is 0 Å². The molecule has 0 atom stereocenters. The van der Waals surface area contributed by atoms with Crippen LogP contribution in [0.25, 0.3) is 11.8 Å². The van der Waals surface area contributed by atoms with Crippen LogP contribution in [-0.4, -0.2) is 20.6 Å². The maximum atomic E-state index is 14.1. The molecule has 2 aromatic carbocycles. The lowest BCUT2D eigenvalue weighted by atomic mass is 10.2. The van der Waals surface area contributed by atoms with Gasteiger partial charge in [-0.25, -0.2) is 4.39 Å². The van der Waals surface area contributed by atoms with E-state index < -0.39 is 17.0 Å². The van der Waals surface area contributed by atoms with Gasteiger partial charge in [-0.3, -0.25) is 14.5 Å². The van der Waals surface area contributed by atoms with Crippen molar-refractivity contribution >= 4 is 63.2 Å². The molecule has 1 aliphatic rings. The number of amides is 2. The molecule has 158 valence electrons.